The third-order valence-electron chi connectivity index (χ3n) is 8.40. The van der Waals surface area contributed by atoms with Gasteiger partial charge >= 0.3 is 0 Å². The number of nitrogens with one attached hydrogen (secondary N) is 1. The van der Waals surface area contributed by atoms with Crippen molar-refractivity contribution in [2.75, 3.05) is 5.01 Å². The van der Waals surface area contributed by atoms with Crippen molar-refractivity contribution >= 4 is 11.8 Å². The van der Waals surface area contributed by atoms with Gasteiger partial charge in [-0.2, -0.15) is 0 Å². The third-order valence-corrected chi connectivity index (χ3v) is 8.40. The number of hydrogen-bond acceptors (Lipinski definition) is 2. The summed E-state index contributed by atoms with van der Waals surface area (Å²) in [7, 11) is 0. The molecule has 0 fully saturated rings. The second kappa shape index (κ2) is 16.2. The predicted molar refractivity (Wildman–Crippen MR) is 179 cm³/mol. The number of benzene rings is 3. The first kappa shape index (κ1) is 30.7. The molecule has 0 bridgehead atoms. The van der Waals surface area contributed by atoms with Gasteiger partial charge < -0.3 is 0 Å². The van der Waals surface area contributed by atoms with Crippen LogP contribution >= 0.6 is 0 Å². The molecule has 1 aliphatic heterocycles. The minimum absolute atomic E-state index is 0.159. The lowest BCUT2D eigenvalue weighted by Gasteiger charge is -2.30. The number of hydrogen-bond donors (Lipinski definition) is 1. The van der Waals surface area contributed by atoms with Gasteiger partial charge in [0.1, 0.15) is 0 Å². The van der Waals surface area contributed by atoms with Crippen molar-refractivity contribution in [2.45, 2.75) is 111 Å². The standard InChI is InChI=1S/C39H52N2/c1-5-9-18-31-22-16-23-32(19-10-6-2)37(31)29-28-35-30-38(41(40-35)36-26-14-13-15-27-36)39-33(20-11-7-3)24-17-25-34(39)21-12-8-4/h13-17,22-30,38,40H,5-12,18-21H2,1-4H3. The van der Waals surface area contributed by atoms with E-state index in [1.807, 2.05) is 0 Å². The lowest BCUT2D eigenvalue weighted by molar-refractivity contribution is 0.682. The van der Waals surface area contributed by atoms with E-state index in [1.165, 1.54) is 96.1 Å². The second-order valence-electron chi connectivity index (χ2n) is 11.6. The van der Waals surface area contributed by atoms with E-state index in [1.54, 1.807) is 0 Å². The molecule has 218 valence electrons. The number of hydrazine groups is 1. The summed E-state index contributed by atoms with van der Waals surface area (Å²) in [5.74, 6) is 0. The topological polar surface area (TPSA) is 15.3 Å². The molecule has 3 aromatic rings. The largest absolute Gasteiger partial charge is 0.298 e. The third kappa shape index (κ3) is 8.15. The number of rotatable bonds is 16. The molecule has 0 aliphatic carbocycles. The van der Waals surface area contributed by atoms with Crippen LogP contribution in [0.3, 0.4) is 0 Å². The Bertz CT molecular complexity index is 1220. The first-order valence-electron chi connectivity index (χ1n) is 16.4. The molecular formula is C39H52N2. The lowest BCUT2D eigenvalue weighted by Crippen LogP contribution is -2.34. The molecule has 1 N–H and O–H groups in total. The maximum absolute atomic E-state index is 3.83. The van der Waals surface area contributed by atoms with Crippen molar-refractivity contribution < 1.29 is 0 Å². The molecule has 2 nitrogen and oxygen atoms in total. The summed E-state index contributed by atoms with van der Waals surface area (Å²) in [6, 6.07) is 25.0. The number of nitrogens with zero attached hydrogens (tertiary/aromatic N) is 1. The van der Waals surface area contributed by atoms with E-state index >= 15 is 0 Å². The van der Waals surface area contributed by atoms with Crippen molar-refractivity contribution in [3.05, 3.63) is 118 Å². The minimum Gasteiger partial charge on any atom is -0.298 e. The van der Waals surface area contributed by atoms with Gasteiger partial charge in [0.2, 0.25) is 0 Å². The van der Waals surface area contributed by atoms with E-state index in [0.717, 1.165) is 25.7 Å². The molecule has 1 unspecified atom stereocenters. The highest BCUT2D eigenvalue weighted by atomic mass is 15.5. The van der Waals surface area contributed by atoms with Gasteiger partial charge in [0.15, 0.2) is 0 Å². The van der Waals surface area contributed by atoms with E-state index < -0.39 is 0 Å². The summed E-state index contributed by atoms with van der Waals surface area (Å²) in [5, 5.41) is 2.39. The zero-order valence-corrected chi connectivity index (χ0v) is 26.1. The molecule has 0 aromatic heterocycles. The lowest BCUT2D eigenvalue weighted by atomic mass is 9.89. The van der Waals surface area contributed by atoms with Crippen LogP contribution in [0.25, 0.3) is 6.08 Å². The number of unbranched alkanes of at least 4 members (excludes halogenated alkanes) is 4. The van der Waals surface area contributed by atoms with Crippen molar-refractivity contribution in [3.63, 3.8) is 0 Å². The summed E-state index contributed by atoms with van der Waals surface area (Å²) >= 11 is 0. The maximum atomic E-state index is 3.83. The monoisotopic (exact) mass is 548 g/mol. The molecule has 0 spiro atoms. The summed E-state index contributed by atoms with van der Waals surface area (Å²) in [4.78, 5) is 0. The van der Waals surface area contributed by atoms with Crippen molar-refractivity contribution in [1.82, 2.24) is 5.43 Å². The molecule has 4 rings (SSSR count). The molecule has 0 radical (unpaired) electrons. The van der Waals surface area contributed by atoms with Crippen LogP contribution < -0.4 is 10.4 Å². The first-order valence-corrected chi connectivity index (χ1v) is 16.4. The summed E-state index contributed by atoms with van der Waals surface area (Å²) in [6.45, 7) is 9.16. The Morgan fingerprint density at radius 3 is 1.59 bits per heavy atom. The van der Waals surface area contributed by atoms with Crippen molar-refractivity contribution in [2.24, 2.45) is 0 Å². The van der Waals surface area contributed by atoms with Gasteiger partial charge in [-0.15, -0.1) is 0 Å². The van der Waals surface area contributed by atoms with Gasteiger partial charge in [-0.3, -0.25) is 10.4 Å². The van der Waals surface area contributed by atoms with Gasteiger partial charge in [-0.05, 0) is 109 Å². The zero-order chi connectivity index (χ0) is 28.9. The molecule has 0 saturated heterocycles. The Kier molecular flexibility index (Phi) is 12.2. The van der Waals surface area contributed by atoms with Gasteiger partial charge in [-0.1, -0.05) is 114 Å². The molecular weight excluding hydrogens is 496 g/mol. The van der Waals surface area contributed by atoms with Crippen LogP contribution in [0.2, 0.25) is 0 Å². The Labute approximate surface area is 250 Å². The van der Waals surface area contributed by atoms with E-state index in [4.69, 9.17) is 0 Å². The fraction of sp³-hybridized carbons (Fsp3) is 0.436. The maximum Gasteiger partial charge on any atom is 0.0963 e. The van der Waals surface area contributed by atoms with E-state index in [0.29, 0.717) is 0 Å². The molecule has 0 saturated carbocycles. The highest BCUT2D eigenvalue weighted by molar-refractivity contribution is 5.63. The van der Waals surface area contributed by atoms with Crippen LogP contribution in [0.15, 0.2) is 84.6 Å². The van der Waals surface area contributed by atoms with Gasteiger partial charge in [-0.25, -0.2) is 0 Å². The molecule has 1 aliphatic rings. The van der Waals surface area contributed by atoms with Crippen LogP contribution in [-0.2, 0) is 25.7 Å². The number of aryl methyl sites for hydroxylation is 4. The van der Waals surface area contributed by atoms with Crippen LogP contribution in [0, 0.1) is 0 Å². The van der Waals surface area contributed by atoms with Crippen LogP contribution in [0.4, 0.5) is 5.69 Å². The average molecular weight is 549 g/mol. The predicted octanol–water partition coefficient (Wildman–Crippen LogP) is 10.7. The first-order chi connectivity index (χ1) is 20.2. The smallest absolute Gasteiger partial charge is 0.0963 e. The summed E-state index contributed by atoms with van der Waals surface area (Å²) < 4.78 is 0. The molecule has 41 heavy (non-hydrogen) atoms. The van der Waals surface area contributed by atoms with E-state index in [2.05, 4.69) is 123 Å². The molecule has 3 aromatic carbocycles. The Balaban J connectivity index is 1.76. The van der Waals surface area contributed by atoms with Gasteiger partial charge in [0, 0.05) is 0 Å². The Hall–Kier alpha value is -3.26. The molecule has 2 heteroatoms. The van der Waals surface area contributed by atoms with Crippen LogP contribution in [0.1, 0.15) is 118 Å². The highest BCUT2D eigenvalue weighted by Crippen LogP contribution is 2.37. The average Bonchev–Trinajstić information content (AvgIpc) is 3.44. The minimum atomic E-state index is 0.159. The SMILES string of the molecule is CCCCc1cccc(CCCC)c1C=CC1=CC(c2c(CCCC)cccc2CCCC)N(c2ccccc2)N1. The number of anilines is 1. The van der Waals surface area contributed by atoms with Crippen LogP contribution in [-0.4, -0.2) is 0 Å². The summed E-state index contributed by atoms with van der Waals surface area (Å²) in [6.07, 6.45) is 21.5. The molecule has 1 heterocycles. The quantitative estimate of drug-likeness (QED) is 0.191. The van der Waals surface area contributed by atoms with E-state index in [9.17, 15) is 0 Å². The Morgan fingerprint density at radius 2 is 1.07 bits per heavy atom. The van der Waals surface area contributed by atoms with Crippen molar-refractivity contribution in [1.29, 1.82) is 0 Å². The fourth-order valence-electron chi connectivity index (χ4n) is 6.05. The van der Waals surface area contributed by atoms with Gasteiger partial charge in [0.25, 0.3) is 0 Å². The van der Waals surface area contributed by atoms with E-state index in [-0.39, 0.29) is 6.04 Å². The Morgan fingerprint density at radius 1 is 0.585 bits per heavy atom. The van der Waals surface area contributed by atoms with Gasteiger partial charge in [0.05, 0.1) is 17.4 Å². The highest BCUT2D eigenvalue weighted by Gasteiger charge is 2.29. The van der Waals surface area contributed by atoms with Crippen molar-refractivity contribution in [3.8, 4) is 0 Å². The second-order valence-corrected chi connectivity index (χ2v) is 11.6. The molecule has 0 amide bonds. The summed E-state index contributed by atoms with van der Waals surface area (Å²) in [5.41, 5.74) is 15.1. The normalized spacial score (nSPS) is 15.0. The zero-order valence-electron chi connectivity index (χ0n) is 26.1. The van der Waals surface area contributed by atoms with Crippen LogP contribution in [0.5, 0.6) is 0 Å². The molecule has 1 atom stereocenters. The number of allylic oxidation sites excluding steroid dienone is 1. The fourth-order valence-corrected chi connectivity index (χ4v) is 6.05. The number of para-hydroxylation sites is 1.